The quantitative estimate of drug-likeness (QED) is 0.427. The number of fused-ring (bicyclic) bond motifs is 1. The maximum Gasteiger partial charge on any atom is 0.305 e. The number of carboxylic acid groups (broad SMARTS) is 1. The van der Waals surface area contributed by atoms with Crippen molar-refractivity contribution in [1.82, 2.24) is 9.55 Å². The predicted molar refractivity (Wildman–Crippen MR) is 108 cm³/mol. The van der Waals surface area contributed by atoms with Crippen molar-refractivity contribution in [3.8, 4) is 5.75 Å². The summed E-state index contributed by atoms with van der Waals surface area (Å²) < 4.78 is 6.91. The number of methoxy groups -OCH3 is 1. The summed E-state index contributed by atoms with van der Waals surface area (Å²) in [5, 5.41) is 13.8. The fraction of sp³-hybridized carbons (Fsp3) is 0.222. The van der Waals surface area contributed by atoms with E-state index in [1.54, 1.807) is 42.8 Å². The van der Waals surface area contributed by atoms with Crippen molar-refractivity contribution in [3.05, 3.63) is 46.1 Å². The number of thioether (sulfide) groups is 1. The number of carboxylic acids is 1. The topological polar surface area (TPSA) is 111 Å². The largest absolute Gasteiger partial charge is 0.497 e. The van der Waals surface area contributed by atoms with Crippen LogP contribution < -0.4 is 15.6 Å². The number of carbonyl (C=O) groups is 2. The highest BCUT2D eigenvalue weighted by Crippen LogP contribution is 2.22. The Morgan fingerprint density at radius 2 is 2.18 bits per heavy atom. The zero-order valence-corrected chi connectivity index (χ0v) is 16.5. The van der Waals surface area contributed by atoms with Crippen LogP contribution in [0.5, 0.6) is 5.75 Å². The number of thiophene rings is 1. The first-order valence-corrected chi connectivity index (χ1v) is 10.1. The molecule has 0 aliphatic rings. The van der Waals surface area contributed by atoms with Crippen LogP contribution in [0.1, 0.15) is 6.42 Å². The Kier molecular flexibility index (Phi) is 6.32. The molecular weight excluding hydrogens is 402 g/mol. The summed E-state index contributed by atoms with van der Waals surface area (Å²) in [4.78, 5) is 40.3. The molecule has 0 saturated carbocycles. The number of nitrogens with one attached hydrogen (secondary N) is 1. The number of ether oxygens (including phenoxy) is 1. The molecule has 0 radical (unpaired) electrons. The summed E-state index contributed by atoms with van der Waals surface area (Å²) in [6.45, 7) is -0.00512. The first-order chi connectivity index (χ1) is 13.5. The third kappa shape index (κ3) is 4.70. The number of hydrogen-bond acceptors (Lipinski definition) is 7. The summed E-state index contributed by atoms with van der Waals surface area (Å²) in [5.41, 5.74) is 0.837. The van der Waals surface area contributed by atoms with E-state index in [1.165, 1.54) is 15.9 Å². The second-order valence-electron chi connectivity index (χ2n) is 5.70. The third-order valence-corrected chi connectivity index (χ3v) is 5.63. The highest BCUT2D eigenvalue weighted by molar-refractivity contribution is 7.99. The lowest BCUT2D eigenvalue weighted by Crippen LogP contribution is -2.24. The molecule has 0 saturated heterocycles. The Hall–Kier alpha value is -2.85. The van der Waals surface area contributed by atoms with E-state index in [2.05, 4.69) is 10.3 Å². The fourth-order valence-corrected chi connectivity index (χ4v) is 4.07. The van der Waals surface area contributed by atoms with Gasteiger partial charge in [-0.3, -0.25) is 19.0 Å². The second kappa shape index (κ2) is 8.89. The van der Waals surface area contributed by atoms with Gasteiger partial charge >= 0.3 is 5.97 Å². The minimum Gasteiger partial charge on any atom is -0.497 e. The van der Waals surface area contributed by atoms with Crippen molar-refractivity contribution in [2.45, 2.75) is 18.1 Å². The molecule has 1 aromatic carbocycles. The molecule has 0 spiro atoms. The highest BCUT2D eigenvalue weighted by Gasteiger charge is 2.15. The van der Waals surface area contributed by atoms with Gasteiger partial charge in [0.25, 0.3) is 5.56 Å². The minimum absolute atomic E-state index is 0.00512. The van der Waals surface area contributed by atoms with E-state index in [0.717, 1.165) is 11.8 Å². The number of anilines is 1. The van der Waals surface area contributed by atoms with Gasteiger partial charge in [0, 0.05) is 18.3 Å². The van der Waals surface area contributed by atoms with E-state index >= 15 is 0 Å². The molecule has 28 heavy (non-hydrogen) atoms. The smallest absolute Gasteiger partial charge is 0.305 e. The van der Waals surface area contributed by atoms with Gasteiger partial charge in [-0.05, 0) is 23.6 Å². The standard InChI is InChI=1S/C18H17N3O5S2/c1-26-12-4-2-3-11(9-12)19-14(22)10-28-18-20-13-6-8-27-16(13)17(25)21(18)7-5-15(23)24/h2-4,6,8-9H,5,7,10H2,1H3,(H,19,22)(H,23,24). The Morgan fingerprint density at radius 1 is 1.36 bits per heavy atom. The average Bonchev–Trinajstić information content (AvgIpc) is 3.14. The zero-order chi connectivity index (χ0) is 20.1. The predicted octanol–water partition coefficient (Wildman–Crippen LogP) is 2.67. The monoisotopic (exact) mass is 419 g/mol. The molecule has 2 N–H and O–H groups in total. The number of benzene rings is 1. The lowest BCUT2D eigenvalue weighted by molar-refractivity contribution is -0.137. The molecule has 1 amide bonds. The van der Waals surface area contributed by atoms with Crippen LogP contribution in [0.25, 0.3) is 10.2 Å². The molecule has 2 heterocycles. The number of aromatic nitrogens is 2. The lowest BCUT2D eigenvalue weighted by Gasteiger charge is -2.11. The van der Waals surface area contributed by atoms with Crippen molar-refractivity contribution in [2.24, 2.45) is 0 Å². The molecule has 0 fully saturated rings. The van der Waals surface area contributed by atoms with Crippen LogP contribution in [0.4, 0.5) is 5.69 Å². The first-order valence-electron chi connectivity index (χ1n) is 8.24. The van der Waals surface area contributed by atoms with Gasteiger partial charge in [-0.1, -0.05) is 17.8 Å². The van der Waals surface area contributed by atoms with Gasteiger partial charge in [0.05, 0.1) is 24.8 Å². The molecule has 3 aromatic rings. The van der Waals surface area contributed by atoms with Gasteiger partial charge in [0.1, 0.15) is 10.4 Å². The van der Waals surface area contributed by atoms with Crippen molar-refractivity contribution in [3.63, 3.8) is 0 Å². The number of aliphatic carboxylic acids is 1. The summed E-state index contributed by atoms with van der Waals surface area (Å²) in [5.74, 6) is -0.642. The number of amides is 1. The molecule has 8 nitrogen and oxygen atoms in total. The molecule has 3 rings (SSSR count). The molecule has 146 valence electrons. The van der Waals surface area contributed by atoms with Crippen molar-refractivity contribution in [2.75, 3.05) is 18.2 Å². The molecule has 0 aliphatic carbocycles. The number of hydrogen-bond donors (Lipinski definition) is 2. The molecule has 2 aromatic heterocycles. The Bertz CT molecular complexity index is 1080. The van der Waals surface area contributed by atoms with Crippen molar-refractivity contribution in [1.29, 1.82) is 0 Å². The highest BCUT2D eigenvalue weighted by atomic mass is 32.2. The fourth-order valence-electron chi connectivity index (χ4n) is 2.47. The second-order valence-corrected chi connectivity index (χ2v) is 7.56. The summed E-state index contributed by atoms with van der Waals surface area (Å²) in [6, 6.07) is 8.69. The molecule has 10 heteroatoms. The first kappa shape index (κ1) is 19.9. The van der Waals surface area contributed by atoms with Gasteiger partial charge in [-0.25, -0.2) is 4.98 Å². The van der Waals surface area contributed by atoms with E-state index in [4.69, 9.17) is 9.84 Å². The maximum atomic E-state index is 12.6. The number of rotatable bonds is 8. The van der Waals surface area contributed by atoms with Gasteiger partial charge in [-0.2, -0.15) is 0 Å². The molecule has 0 aliphatic heterocycles. The van der Waals surface area contributed by atoms with Crippen molar-refractivity contribution < 1.29 is 19.4 Å². The van der Waals surface area contributed by atoms with Crippen LogP contribution in [0, 0.1) is 0 Å². The normalized spacial score (nSPS) is 10.8. The summed E-state index contributed by atoms with van der Waals surface area (Å²) in [6.07, 6.45) is -0.206. The van der Waals surface area contributed by atoms with E-state index in [9.17, 15) is 14.4 Å². The van der Waals surface area contributed by atoms with Gasteiger partial charge < -0.3 is 15.2 Å². The maximum absolute atomic E-state index is 12.6. The number of carbonyl (C=O) groups excluding carboxylic acids is 1. The van der Waals surface area contributed by atoms with Crippen LogP contribution in [0.3, 0.4) is 0 Å². The van der Waals surface area contributed by atoms with E-state index in [-0.39, 0.29) is 30.2 Å². The Balaban J connectivity index is 1.76. The van der Waals surface area contributed by atoms with Crippen LogP contribution >= 0.6 is 23.1 Å². The summed E-state index contributed by atoms with van der Waals surface area (Å²) in [7, 11) is 1.54. The molecule has 0 bridgehead atoms. The molecule has 0 atom stereocenters. The third-order valence-electron chi connectivity index (χ3n) is 3.77. The van der Waals surface area contributed by atoms with Gasteiger partial charge in [0.2, 0.25) is 5.91 Å². The van der Waals surface area contributed by atoms with Crippen molar-refractivity contribution >= 4 is 50.9 Å². The van der Waals surface area contributed by atoms with E-state index in [0.29, 0.717) is 26.8 Å². The Labute approximate surface area is 168 Å². The molecule has 0 unspecified atom stereocenters. The zero-order valence-electron chi connectivity index (χ0n) is 14.9. The number of nitrogens with zero attached hydrogens (tertiary/aromatic N) is 2. The van der Waals surface area contributed by atoms with E-state index in [1.807, 2.05) is 0 Å². The van der Waals surface area contributed by atoms with Gasteiger partial charge in [0.15, 0.2) is 5.16 Å². The van der Waals surface area contributed by atoms with Gasteiger partial charge in [-0.15, -0.1) is 11.3 Å². The van der Waals surface area contributed by atoms with Crippen LogP contribution in [-0.2, 0) is 16.1 Å². The average molecular weight is 419 g/mol. The minimum atomic E-state index is -1.01. The van der Waals surface area contributed by atoms with Crippen LogP contribution in [0.2, 0.25) is 0 Å². The van der Waals surface area contributed by atoms with E-state index < -0.39 is 5.97 Å². The molecular formula is C18H17N3O5S2. The summed E-state index contributed by atoms with van der Waals surface area (Å²) >= 11 is 2.35. The van der Waals surface area contributed by atoms with Crippen LogP contribution in [-0.4, -0.2) is 39.4 Å². The lowest BCUT2D eigenvalue weighted by atomic mass is 10.3. The Morgan fingerprint density at radius 3 is 2.93 bits per heavy atom. The van der Waals surface area contributed by atoms with Crippen LogP contribution in [0.15, 0.2) is 45.7 Å². The SMILES string of the molecule is COc1cccc(NC(=O)CSc2nc3ccsc3c(=O)n2CCC(=O)O)c1.